The number of nitrogen functional groups attached to an aromatic ring is 1. The summed E-state index contributed by atoms with van der Waals surface area (Å²) >= 11 is 0. The number of ether oxygens (including phenoxy) is 1. The molecule has 1 unspecified atom stereocenters. The van der Waals surface area contributed by atoms with Crippen molar-refractivity contribution < 1.29 is 19.2 Å². The fourth-order valence-corrected chi connectivity index (χ4v) is 3.37. The van der Waals surface area contributed by atoms with E-state index in [2.05, 4.69) is 5.32 Å². The van der Waals surface area contributed by atoms with E-state index in [1.165, 1.54) is 12.1 Å². The SMILES string of the molecule is CCOC(=O)CCC1CNC(=O)c2cc(N)ccc2N1c1ccc([N+](=O)[O-])cc1. The van der Waals surface area contributed by atoms with Gasteiger partial charge in [0, 0.05) is 36.5 Å². The molecule has 9 heteroatoms. The molecule has 1 heterocycles. The molecule has 9 nitrogen and oxygen atoms in total. The summed E-state index contributed by atoms with van der Waals surface area (Å²) in [7, 11) is 0. The van der Waals surface area contributed by atoms with E-state index >= 15 is 0 Å². The van der Waals surface area contributed by atoms with E-state index in [1.54, 1.807) is 37.3 Å². The van der Waals surface area contributed by atoms with Gasteiger partial charge in [-0.2, -0.15) is 0 Å². The maximum absolute atomic E-state index is 12.6. The molecule has 0 fully saturated rings. The third kappa shape index (κ3) is 4.45. The van der Waals surface area contributed by atoms with Crippen LogP contribution in [0.15, 0.2) is 42.5 Å². The van der Waals surface area contributed by atoms with Crippen molar-refractivity contribution in [1.82, 2.24) is 5.32 Å². The lowest BCUT2D eigenvalue weighted by molar-refractivity contribution is -0.384. The first-order valence-corrected chi connectivity index (χ1v) is 9.27. The van der Waals surface area contributed by atoms with Crippen molar-refractivity contribution in [2.45, 2.75) is 25.8 Å². The highest BCUT2D eigenvalue weighted by Gasteiger charge is 2.30. The van der Waals surface area contributed by atoms with E-state index in [-0.39, 0.29) is 30.0 Å². The van der Waals surface area contributed by atoms with Gasteiger partial charge in [-0.05, 0) is 43.7 Å². The van der Waals surface area contributed by atoms with E-state index in [4.69, 9.17) is 10.5 Å². The van der Waals surface area contributed by atoms with Crippen LogP contribution in [0.2, 0.25) is 0 Å². The summed E-state index contributed by atoms with van der Waals surface area (Å²) in [6, 6.07) is 10.9. The number of nitro groups is 1. The van der Waals surface area contributed by atoms with Crippen LogP contribution in [0.5, 0.6) is 0 Å². The fraction of sp³-hybridized carbons (Fsp3) is 0.300. The van der Waals surface area contributed by atoms with Crippen molar-refractivity contribution in [3.63, 3.8) is 0 Å². The Morgan fingerprint density at radius 3 is 2.69 bits per heavy atom. The van der Waals surface area contributed by atoms with Crippen LogP contribution in [-0.2, 0) is 9.53 Å². The molecule has 0 bridgehead atoms. The molecule has 2 aromatic rings. The Kier molecular flexibility index (Phi) is 5.96. The second kappa shape index (κ2) is 8.59. The Bertz CT molecular complexity index is 929. The highest BCUT2D eigenvalue weighted by molar-refractivity contribution is 6.02. The number of anilines is 3. The Morgan fingerprint density at radius 2 is 2.03 bits per heavy atom. The number of nitrogens with one attached hydrogen (secondary N) is 1. The Morgan fingerprint density at radius 1 is 1.31 bits per heavy atom. The molecule has 3 N–H and O–H groups in total. The Hall–Kier alpha value is -3.62. The highest BCUT2D eigenvalue weighted by Crippen LogP contribution is 2.35. The number of amides is 1. The van der Waals surface area contributed by atoms with Crippen LogP contribution in [0.3, 0.4) is 0 Å². The summed E-state index contributed by atoms with van der Waals surface area (Å²) in [5.41, 5.74) is 7.99. The Balaban J connectivity index is 2.02. The first-order chi connectivity index (χ1) is 13.9. The summed E-state index contributed by atoms with van der Waals surface area (Å²) in [5.74, 6) is -0.581. The number of hydrogen-bond acceptors (Lipinski definition) is 7. The molecule has 0 saturated carbocycles. The monoisotopic (exact) mass is 398 g/mol. The average molecular weight is 398 g/mol. The van der Waals surface area contributed by atoms with Gasteiger partial charge in [-0.3, -0.25) is 19.7 Å². The van der Waals surface area contributed by atoms with E-state index in [1.807, 2.05) is 4.90 Å². The van der Waals surface area contributed by atoms with Crippen molar-refractivity contribution >= 4 is 34.6 Å². The number of rotatable bonds is 6. The molecule has 1 aliphatic rings. The maximum atomic E-state index is 12.6. The lowest BCUT2D eigenvalue weighted by Gasteiger charge is -2.32. The minimum atomic E-state index is -0.468. The van der Waals surface area contributed by atoms with Crippen LogP contribution in [0.1, 0.15) is 30.1 Å². The van der Waals surface area contributed by atoms with Gasteiger partial charge in [-0.15, -0.1) is 0 Å². The number of carbonyl (C=O) groups is 2. The lowest BCUT2D eigenvalue weighted by atomic mass is 10.1. The molecule has 2 aromatic carbocycles. The molecular formula is C20H22N4O5. The summed E-state index contributed by atoms with van der Waals surface area (Å²) in [6.45, 7) is 2.34. The van der Waals surface area contributed by atoms with Crippen LogP contribution in [0, 0.1) is 10.1 Å². The molecule has 1 atom stereocenters. The second-order valence-corrected chi connectivity index (χ2v) is 6.63. The van der Waals surface area contributed by atoms with Gasteiger partial charge < -0.3 is 20.7 Å². The number of hydrogen-bond donors (Lipinski definition) is 2. The minimum absolute atomic E-state index is 0.0293. The molecule has 3 rings (SSSR count). The topological polar surface area (TPSA) is 128 Å². The van der Waals surface area contributed by atoms with Gasteiger partial charge in [0.15, 0.2) is 0 Å². The molecule has 0 saturated heterocycles. The summed E-state index contributed by atoms with van der Waals surface area (Å²) in [5, 5.41) is 13.9. The third-order valence-electron chi connectivity index (χ3n) is 4.71. The van der Waals surface area contributed by atoms with Crippen LogP contribution in [-0.4, -0.2) is 36.0 Å². The molecule has 0 aromatic heterocycles. The quantitative estimate of drug-likeness (QED) is 0.331. The van der Waals surface area contributed by atoms with Crippen molar-refractivity contribution in [2.24, 2.45) is 0 Å². The predicted octanol–water partition coefficient (Wildman–Crippen LogP) is 2.77. The predicted molar refractivity (Wildman–Crippen MR) is 108 cm³/mol. The molecule has 1 aliphatic heterocycles. The van der Waals surface area contributed by atoms with E-state index in [0.717, 1.165) is 0 Å². The standard InChI is InChI=1S/C20H22N4O5/c1-2-29-19(25)10-8-16-12-22-20(26)17-11-13(21)3-9-18(17)23(16)14-4-6-15(7-5-14)24(27)28/h3-7,9,11,16H,2,8,10,12,21H2,1H3,(H,22,26). The number of carbonyl (C=O) groups excluding carboxylic acids is 2. The normalized spacial score (nSPS) is 15.8. The van der Waals surface area contributed by atoms with Crippen molar-refractivity contribution in [3.05, 3.63) is 58.1 Å². The zero-order valence-corrected chi connectivity index (χ0v) is 16.0. The molecule has 0 aliphatic carbocycles. The number of benzene rings is 2. The van der Waals surface area contributed by atoms with Gasteiger partial charge in [0.25, 0.3) is 11.6 Å². The molecule has 29 heavy (non-hydrogen) atoms. The Labute approximate surface area is 167 Å². The van der Waals surface area contributed by atoms with Gasteiger partial charge in [0.2, 0.25) is 0 Å². The maximum Gasteiger partial charge on any atom is 0.305 e. The molecule has 0 radical (unpaired) electrons. The molecule has 1 amide bonds. The summed E-state index contributed by atoms with van der Waals surface area (Å²) in [4.78, 5) is 36.9. The lowest BCUT2D eigenvalue weighted by Crippen LogP contribution is -2.38. The first kappa shape index (κ1) is 20.1. The van der Waals surface area contributed by atoms with Gasteiger partial charge in [0.05, 0.1) is 28.8 Å². The van der Waals surface area contributed by atoms with E-state index < -0.39 is 4.92 Å². The average Bonchev–Trinajstić information content (AvgIpc) is 2.83. The summed E-state index contributed by atoms with van der Waals surface area (Å²) in [6.07, 6.45) is 0.613. The second-order valence-electron chi connectivity index (χ2n) is 6.63. The van der Waals surface area contributed by atoms with Crippen molar-refractivity contribution in [2.75, 3.05) is 23.8 Å². The van der Waals surface area contributed by atoms with Crippen molar-refractivity contribution in [1.29, 1.82) is 0 Å². The van der Waals surface area contributed by atoms with Crippen molar-refractivity contribution in [3.8, 4) is 0 Å². The summed E-state index contributed by atoms with van der Waals surface area (Å²) < 4.78 is 5.02. The van der Waals surface area contributed by atoms with Gasteiger partial charge in [-0.1, -0.05) is 0 Å². The zero-order chi connectivity index (χ0) is 21.0. The van der Waals surface area contributed by atoms with Crippen LogP contribution in [0.4, 0.5) is 22.7 Å². The number of esters is 1. The fourth-order valence-electron chi connectivity index (χ4n) is 3.37. The zero-order valence-electron chi connectivity index (χ0n) is 16.0. The number of non-ortho nitro benzene ring substituents is 1. The van der Waals surface area contributed by atoms with Gasteiger partial charge in [-0.25, -0.2) is 0 Å². The number of fused-ring (bicyclic) bond motifs is 1. The minimum Gasteiger partial charge on any atom is -0.466 e. The number of nitrogens with zero attached hydrogens (tertiary/aromatic N) is 2. The first-order valence-electron chi connectivity index (χ1n) is 9.27. The third-order valence-corrected chi connectivity index (χ3v) is 4.71. The van der Waals surface area contributed by atoms with Gasteiger partial charge >= 0.3 is 5.97 Å². The highest BCUT2D eigenvalue weighted by atomic mass is 16.6. The van der Waals surface area contributed by atoms with E-state index in [9.17, 15) is 19.7 Å². The molecular weight excluding hydrogens is 376 g/mol. The smallest absolute Gasteiger partial charge is 0.305 e. The van der Waals surface area contributed by atoms with Crippen LogP contribution in [0.25, 0.3) is 0 Å². The molecule has 0 spiro atoms. The number of nitro benzene ring substituents is 1. The number of nitrogens with two attached hydrogens (primary N) is 1. The molecule has 152 valence electrons. The van der Waals surface area contributed by atoms with Crippen LogP contribution >= 0.6 is 0 Å². The largest absolute Gasteiger partial charge is 0.466 e. The van der Waals surface area contributed by atoms with Gasteiger partial charge in [0.1, 0.15) is 0 Å². The van der Waals surface area contributed by atoms with E-state index in [0.29, 0.717) is 42.2 Å². The van der Waals surface area contributed by atoms with Crippen LogP contribution < -0.4 is 16.0 Å².